The lowest BCUT2D eigenvalue weighted by atomic mass is 10.1. The zero-order chi connectivity index (χ0) is 17.7. The van der Waals surface area contributed by atoms with Crippen LogP contribution in [0, 0.1) is 11.6 Å². The number of nitrogens with one attached hydrogen (secondary N) is 2. The molecule has 24 heavy (non-hydrogen) atoms. The fourth-order valence-corrected chi connectivity index (χ4v) is 2.00. The van der Waals surface area contributed by atoms with E-state index in [0.29, 0.717) is 12.1 Å². The number of carbonyl (C=O) groups is 1. The summed E-state index contributed by atoms with van der Waals surface area (Å²) in [5.74, 6) is -2.79. The fourth-order valence-electron chi connectivity index (χ4n) is 2.00. The number of hydrogen-bond acceptors (Lipinski definition) is 2. The number of nitrogens with zero attached hydrogens (tertiary/aromatic N) is 2. The molecule has 0 bridgehead atoms. The number of benzene rings is 1. The van der Waals surface area contributed by atoms with Crippen LogP contribution in [0.1, 0.15) is 11.6 Å². The molecule has 130 valence electrons. The number of amides is 2. The van der Waals surface area contributed by atoms with Gasteiger partial charge in [0, 0.05) is 18.9 Å². The van der Waals surface area contributed by atoms with E-state index in [4.69, 9.17) is 0 Å². The predicted octanol–water partition coefficient (Wildman–Crippen LogP) is 2.76. The van der Waals surface area contributed by atoms with Crippen LogP contribution in [-0.2, 0) is 6.54 Å². The Morgan fingerprint density at radius 1 is 1.21 bits per heavy atom. The van der Waals surface area contributed by atoms with Crippen molar-refractivity contribution in [3.05, 3.63) is 53.9 Å². The summed E-state index contributed by atoms with van der Waals surface area (Å²) < 4.78 is 67.9. The van der Waals surface area contributed by atoms with Gasteiger partial charge in [-0.2, -0.15) is 18.3 Å². The Bertz CT molecular complexity index is 667. The highest BCUT2D eigenvalue weighted by Crippen LogP contribution is 2.35. The van der Waals surface area contributed by atoms with Crippen LogP contribution in [0.25, 0.3) is 0 Å². The number of carbonyl (C=O) groups excluding carboxylic acids is 1. The third-order valence-electron chi connectivity index (χ3n) is 3.08. The Kier molecular flexibility index (Phi) is 5.37. The lowest BCUT2D eigenvalue weighted by Crippen LogP contribution is -2.45. The van der Waals surface area contributed by atoms with Crippen molar-refractivity contribution in [1.29, 1.82) is 0 Å². The standard InChI is InChI=1S/C14H13F5N4O/c15-9-3-1-4-10(16)11(9)12(14(17,18)19)22-13(24)20-6-8-23-7-2-5-21-23/h1-5,7,12H,6,8H2,(H2,20,22,24). The van der Waals surface area contributed by atoms with Gasteiger partial charge in [0.25, 0.3) is 0 Å². The molecule has 10 heteroatoms. The van der Waals surface area contributed by atoms with Crippen molar-refractivity contribution in [1.82, 2.24) is 20.4 Å². The molecule has 2 amide bonds. The SMILES string of the molecule is O=C(NCCn1cccn1)NC(c1c(F)cccc1F)C(F)(F)F. The van der Waals surface area contributed by atoms with Crippen LogP contribution in [0.15, 0.2) is 36.7 Å². The molecule has 1 atom stereocenters. The molecule has 0 fully saturated rings. The van der Waals surface area contributed by atoms with Gasteiger partial charge in [-0.3, -0.25) is 4.68 Å². The highest BCUT2D eigenvalue weighted by atomic mass is 19.4. The molecule has 0 aliphatic heterocycles. The average Bonchev–Trinajstić information content (AvgIpc) is 2.98. The van der Waals surface area contributed by atoms with Crippen LogP contribution < -0.4 is 10.6 Å². The predicted molar refractivity (Wildman–Crippen MR) is 73.9 cm³/mol. The van der Waals surface area contributed by atoms with Crippen molar-refractivity contribution in [3.63, 3.8) is 0 Å². The molecule has 2 rings (SSSR count). The topological polar surface area (TPSA) is 59.0 Å². The first-order valence-corrected chi connectivity index (χ1v) is 6.81. The lowest BCUT2D eigenvalue weighted by molar-refractivity contribution is -0.156. The lowest BCUT2D eigenvalue weighted by Gasteiger charge is -2.23. The maximum Gasteiger partial charge on any atom is 0.413 e. The summed E-state index contributed by atoms with van der Waals surface area (Å²) in [4.78, 5) is 11.6. The zero-order valence-corrected chi connectivity index (χ0v) is 12.1. The van der Waals surface area contributed by atoms with Gasteiger partial charge in [-0.05, 0) is 18.2 Å². The Balaban J connectivity index is 2.05. The molecule has 1 aromatic heterocycles. The van der Waals surface area contributed by atoms with Crippen molar-refractivity contribution < 1.29 is 26.7 Å². The highest BCUT2D eigenvalue weighted by molar-refractivity contribution is 5.74. The zero-order valence-electron chi connectivity index (χ0n) is 12.1. The Hall–Kier alpha value is -2.65. The number of aromatic nitrogens is 2. The van der Waals surface area contributed by atoms with Gasteiger partial charge in [-0.1, -0.05) is 6.07 Å². The summed E-state index contributed by atoms with van der Waals surface area (Å²) in [6.45, 7) is 0.211. The van der Waals surface area contributed by atoms with Crippen LogP contribution >= 0.6 is 0 Å². The van der Waals surface area contributed by atoms with Crippen molar-refractivity contribution in [2.75, 3.05) is 6.54 Å². The number of urea groups is 1. The van der Waals surface area contributed by atoms with Crippen molar-refractivity contribution in [3.8, 4) is 0 Å². The fraction of sp³-hybridized carbons (Fsp3) is 0.286. The van der Waals surface area contributed by atoms with Gasteiger partial charge >= 0.3 is 12.2 Å². The molecule has 0 saturated heterocycles. The van der Waals surface area contributed by atoms with E-state index in [0.717, 1.165) is 6.07 Å². The minimum Gasteiger partial charge on any atom is -0.336 e. The van der Waals surface area contributed by atoms with Gasteiger partial charge in [0.1, 0.15) is 11.6 Å². The molecule has 0 aliphatic carbocycles. The second kappa shape index (κ2) is 7.28. The first-order valence-electron chi connectivity index (χ1n) is 6.81. The van der Waals surface area contributed by atoms with Gasteiger partial charge in [-0.25, -0.2) is 13.6 Å². The largest absolute Gasteiger partial charge is 0.413 e. The van der Waals surface area contributed by atoms with E-state index in [1.807, 2.05) is 0 Å². The van der Waals surface area contributed by atoms with E-state index in [9.17, 15) is 26.7 Å². The minimum absolute atomic E-state index is 0.0160. The van der Waals surface area contributed by atoms with Crippen molar-refractivity contribution >= 4 is 6.03 Å². The number of alkyl halides is 3. The minimum atomic E-state index is -5.07. The van der Waals surface area contributed by atoms with Crippen molar-refractivity contribution in [2.24, 2.45) is 0 Å². The van der Waals surface area contributed by atoms with E-state index in [-0.39, 0.29) is 13.1 Å². The monoisotopic (exact) mass is 348 g/mol. The Morgan fingerprint density at radius 2 is 1.88 bits per heavy atom. The summed E-state index contributed by atoms with van der Waals surface area (Å²) >= 11 is 0. The van der Waals surface area contributed by atoms with Crippen LogP contribution in [0.4, 0.5) is 26.7 Å². The van der Waals surface area contributed by atoms with Crippen LogP contribution in [0.3, 0.4) is 0 Å². The first kappa shape index (κ1) is 17.7. The summed E-state index contributed by atoms with van der Waals surface area (Å²) in [7, 11) is 0. The maximum atomic E-state index is 13.6. The molecule has 1 heterocycles. The molecule has 0 aliphatic rings. The Morgan fingerprint density at radius 3 is 2.42 bits per heavy atom. The van der Waals surface area contributed by atoms with Crippen LogP contribution in [0.2, 0.25) is 0 Å². The van der Waals surface area contributed by atoms with Crippen LogP contribution in [0.5, 0.6) is 0 Å². The molecule has 2 aromatic rings. The molecule has 1 unspecified atom stereocenters. The Labute approximate surface area is 133 Å². The molecule has 1 aromatic carbocycles. The molecule has 0 radical (unpaired) electrons. The van der Waals surface area contributed by atoms with Crippen LogP contribution in [-0.4, -0.2) is 28.5 Å². The van der Waals surface area contributed by atoms with E-state index in [2.05, 4.69) is 10.4 Å². The highest BCUT2D eigenvalue weighted by Gasteiger charge is 2.44. The normalized spacial score (nSPS) is 12.7. The third-order valence-corrected chi connectivity index (χ3v) is 3.08. The summed E-state index contributed by atoms with van der Waals surface area (Å²) in [5.41, 5.74) is -1.26. The second-order valence-corrected chi connectivity index (χ2v) is 4.78. The average molecular weight is 348 g/mol. The second-order valence-electron chi connectivity index (χ2n) is 4.78. The molecular weight excluding hydrogens is 335 g/mol. The third kappa shape index (κ3) is 4.43. The summed E-state index contributed by atoms with van der Waals surface area (Å²) in [5, 5.41) is 7.58. The molecule has 2 N–H and O–H groups in total. The van der Waals surface area contributed by atoms with E-state index >= 15 is 0 Å². The van der Waals surface area contributed by atoms with Crippen molar-refractivity contribution in [2.45, 2.75) is 18.8 Å². The molecule has 5 nitrogen and oxygen atoms in total. The smallest absolute Gasteiger partial charge is 0.336 e. The number of rotatable bonds is 5. The maximum absolute atomic E-state index is 13.6. The van der Waals surface area contributed by atoms with Gasteiger partial charge in [0.15, 0.2) is 6.04 Å². The number of halogens is 5. The quantitative estimate of drug-likeness (QED) is 0.817. The first-order chi connectivity index (χ1) is 11.3. The summed E-state index contributed by atoms with van der Waals surface area (Å²) in [6, 6.07) is -0.0504. The van der Waals surface area contributed by atoms with Gasteiger partial charge in [0.2, 0.25) is 0 Å². The summed E-state index contributed by atoms with van der Waals surface area (Å²) in [6.07, 6.45) is -1.96. The van der Waals surface area contributed by atoms with E-state index in [1.165, 1.54) is 10.9 Å². The van der Waals surface area contributed by atoms with Gasteiger partial charge < -0.3 is 10.6 Å². The van der Waals surface area contributed by atoms with Gasteiger partial charge in [-0.15, -0.1) is 0 Å². The molecule has 0 spiro atoms. The van der Waals surface area contributed by atoms with E-state index in [1.54, 1.807) is 17.6 Å². The molecular formula is C14H13F5N4O. The van der Waals surface area contributed by atoms with E-state index < -0.39 is 35.4 Å². The number of hydrogen-bond donors (Lipinski definition) is 2. The van der Waals surface area contributed by atoms with Gasteiger partial charge in [0.05, 0.1) is 12.1 Å². The molecule has 0 saturated carbocycles.